The molecule has 0 bridgehead atoms. The average molecular weight is 373 g/mol. The van der Waals surface area contributed by atoms with Gasteiger partial charge in [0.25, 0.3) is 5.91 Å². The van der Waals surface area contributed by atoms with E-state index in [-0.39, 0.29) is 11.8 Å². The Balaban J connectivity index is 1.81. The predicted octanol–water partition coefficient (Wildman–Crippen LogP) is 4.61. The van der Waals surface area contributed by atoms with Gasteiger partial charge in [-0.3, -0.25) is 9.59 Å². The van der Waals surface area contributed by atoms with Crippen LogP contribution in [0.25, 0.3) is 0 Å². The minimum Gasteiger partial charge on any atom is -0.352 e. The third kappa shape index (κ3) is 5.60. The number of nitrogens with one attached hydrogen (secondary N) is 2. The van der Waals surface area contributed by atoms with E-state index in [0.717, 1.165) is 29.7 Å². The van der Waals surface area contributed by atoms with Crippen LogP contribution in [0.4, 0.5) is 5.69 Å². The van der Waals surface area contributed by atoms with Gasteiger partial charge in [-0.2, -0.15) is 0 Å². The standard InChI is InChI=1S/C21H25ClN2O2/c1-3-15-7-5-8-16(4-2)20(15)24-19(25)9-6-14-23-21(26)17-10-12-18(22)13-11-17/h5,7-8,10-13H,3-4,6,9,14H2,1-2H3,(H,23,26)(H,24,25). The minimum atomic E-state index is -0.160. The van der Waals surface area contributed by atoms with Crippen LogP contribution < -0.4 is 10.6 Å². The summed E-state index contributed by atoms with van der Waals surface area (Å²) in [6.07, 6.45) is 2.70. The molecule has 0 heterocycles. The largest absolute Gasteiger partial charge is 0.352 e. The molecule has 2 N–H and O–H groups in total. The summed E-state index contributed by atoms with van der Waals surface area (Å²) < 4.78 is 0. The number of carbonyl (C=O) groups is 2. The summed E-state index contributed by atoms with van der Waals surface area (Å²) in [6.45, 7) is 4.61. The maximum atomic E-state index is 12.3. The first-order valence-electron chi connectivity index (χ1n) is 8.99. The second-order valence-electron chi connectivity index (χ2n) is 6.07. The van der Waals surface area contributed by atoms with Crippen molar-refractivity contribution in [2.75, 3.05) is 11.9 Å². The molecule has 0 aliphatic carbocycles. The van der Waals surface area contributed by atoms with Crippen LogP contribution in [0.5, 0.6) is 0 Å². The quantitative estimate of drug-likeness (QED) is 0.664. The van der Waals surface area contributed by atoms with E-state index in [1.54, 1.807) is 24.3 Å². The topological polar surface area (TPSA) is 58.2 Å². The average Bonchev–Trinajstić information content (AvgIpc) is 2.65. The molecule has 2 amide bonds. The van der Waals surface area contributed by atoms with Gasteiger partial charge in [0.1, 0.15) is 0 Å². The Labute approximate surface area is 159 Å². The summed E-state index contributed by atoms with van der Waals surface area (Å²) in [5, 5.41) is 6.46. The van der Waals surface area contributed by atoms with Gasteiger partial charge < -0.3 is 10.6 Å². The van der Waals surface area contributed by atoms with Gasteiger partial charge in [0.2, 0.25) is 5.91 Å². The van der Waals surface area contributed by atoms with E-state index in [1.807, 2.05) is 18.2 Å². The molecule has 0 spiro atoms. The molecule has 0 atom stereocenters. The first-order chi connectivity index (χ1) is 12.5. The van der Waals surface area contributed by atoms with E-state index in [4.69, 9.17) is 11.6 Å². The number of hydrogen-bond acceptors (Lipinski definition) is 2. The fourth-order valence-corrected chi connectivity index (χ4v) is 2.89. The Morgan fingerprint density at radius 2 is 1.58 bits per heavy atom. The highest BCUT2D eigenvalue weighted by Crippen LogP contribution is 2.22. The molecular weight excluding hydrogens is 348 g/mol. The SMILES string of the molecule is CCc1cccc(CC)c1NC(=O)CCCNC(=O)c1ccc(Cl)cc1. The number of hydrogen-bond donors (Lipinski definition) is 2. The van der Waals surface area contributed by atoms with Crippen molar-refractivity contribution in [3.05, 3.63) is 64.2 Å². The number of para-hydroxylation sites is 1. The fourth-order valence-electron chi connectivity index (χ4n) is 2.76. The van der Waals surface area contributed by atoms with Gasteiger partial charge in [-0.15, -0.1) is 0 Å². The Hall–Kier alpha value is -2.33. The third-order valence-electron chi connectivity index (χ3n) is 4.24. The van der Waals surface area contributed by atoms with Gasteiger partial charge in [0.15, 0.2) is 0 Å². The van der Waals surface area contributed by atoms with Crippen LogP contribution >= 0.6 is 11.6 Å². The van der Waals surface area contributed by atoms with Crippen LogP contribution in [0.1, 0.15) is 48.2 Å². The van der Waals surface area contributed by atoms with Crippen molar-refractivity contribution in [1.29, 1.82) is 0 Å². The molecule has 5 heteroatoms. The van der Waals surface area contributed by atoms with E-state index >= 15 is 0 Å². The first-order valence-corrected chi connectivity index (χ1v) is 9.37. The minimum absolute atomic E-state index is 0.0265. The van der Waals surface area contributed by atoms with Crippen molar-refractivity contribution < 1.29 is 9.59 Å². The summed E-state index contributed by atoms with van der Waals surface area (Å²) in [5.74, 6) is -0.187. The number of anilines is 1. The van der Waals surface area contributed by atoms with E-state index < -0.39 is 0 Å². The zero-order valence-corrected chi connectivity index (χ0v) is 16.0. The Morgan fingerprint density at radius 3 is 2.15 bits per heavy atom. The molecule has 0 aliphatic rings. The Bertz CT molecular complexity index is 735. The van der Waals surface area contributed by atoms with Crippen LogP contribution in [0.3, 0.4) is 0 Å². The lowest BCUT2D eigenvalue weighted by molar-refractivity contribution is -0.116. The van der Waals surface area contributed by atoms with Crippen molar-refractivity contribution >= 4 is 29.1 Å². The van der Waals surface area contributed by atoms with Gasteiger partial charge in [-0.25, -0.2) is 0 Å². The lowest BCUT2D eigenvalue weighted by Crippen LogP contribution is -2.25. The van der Waals surface area contributed by atoms with Crippen molar-refractivity contribution in [2.24, 2.45) is 0 Å². The highest BCUT2D eigenvalue weighted by molar-refractivity contribution is 6.30. The monoisotopic (exact) mass is 372 g/mol. The van der Waals surface area contributed by atoms with Crippen molar-refractivity contribution in [1.82, 2.24) is 5.32 Å². The van der Waals surface area contributed by atoms with Crippen molar-refractivity contribution in [3.8, 4) is 0 Å². The number of carbonyl (C=O) groups excluding carboxylic acids is 2. The zero-order chi connectivity index (χ0) is 18.9. The van der Waals surface area contributed by atoms with E-state index in [1.165, 1.54) is 0 Å². The molecule has 0 aromatic heterocycles. The van der Waals surface area contributed by atoms with Gasteiger partial charge in [-0.1, -0.05) is 43.6 Å². The number of rotatable bonds is 8. The second kappa shape index (κ2) is 9.97. The molecule has 0 unspecified atom stereocenters. The van der Waals surface area contributed by atoms with Gasteiger partial charge >= 0.3 is 0 Å². The molecule has 0 saturated heterocycles. The maximum absolute atomic E-state index is 12.3. The van der Waals surface area contributed by atoms with Crippen molar-refractivity contribution in [3.63, 3.8) is 0 Å². The van der Waals surface area contributed by atoms with Gasteiger partial charge in [0.05, 0.1) is 0 Å². The van der Waals surface area contributed by atoms with E-state index in [9.17, 15) is 9.59 Å². The fraction of sp³-hybridized carbons (Fsp3) is 0.333. The molecular formula is C21H25ClN2O2. The number of benzene rings is 2. The highest BCUT2D eigenvalue weighted by Gasteiger charge is 2.10. The smallest absolute Gasteiger partial charge is 0.251 e. The molecule has 2 aromatic rings. The van der Waals surface area contributed by atoms with E-state index in [2.05, 4.69) is 24.5 Å². The Morgan fingerprint density at radius 1 is 0.962 bits per heavy atom. The van der Waals surface area contributed by atoms with Crippen molar-refractivity contribution in [2.45, 2.75) is 39.5 Å². The number of amides is 2. The molecule has 0 saturated carbocycles. The normalized spacial score (nSPS) is 10.4. The second-order valence-corrected chi connectivity index (χ2v) is 6.51. The van der Waals surface area contributed by atoms with Crippen LogP contribution in [0, 0.1) is 0 Å². The molecule has 2 rings (SSSR count). The Kier molecular flexibility index (Phi) is 7.67. The molecule has 2 aromatic carbocycles. The summed E-state index contributed by atoms with van der Waals surface area (Å²) in [6, 6.07) is 12.8. The molecule has 26 heavy (non-hydrogen) atoms. The lowest BCUT2D eigenvalue weighted by atomic mass is 10.0. The predicted molar refractivity (Wildman–Crippen MR) is 107 cm³/mol. The van der Waals surface area contributed by atoms with Crippen LogP contribution in [0.2, 0.25) is 5.02 Å². The third-order valence-corrected chi connectivity index (χ3v) is 4.49. The van der Waals surface area contributed by atoms with Crippen LogP contribution in [-0.4, -0.2) is 18.4 Å². The summed E-state index contributed by atoms with van der Waals surface area (Å²) in [7, 11) is 0. The van der Waals surface area contributed by atoms with Crippen LogP contribution in [0.15, 0.2) is 42.5 Å². The van der Waals surface area contributed by atoms with Gasteiger partial charge in [-0.05, 0) is 54.7 Å². The molecule has 138 valence electrons. The molecule has 0 aliphatic heterocycles. The lowest BCUT2D eigenvalue weighted by Gasteiger charge is -2.14. The number of aryl methyl sites for hydroxylation is 2. The summed E-state index contributed by atoms with van der Waals surface area (Å²) in [5.41, 5.74) is 3.79. The molecule has 4 nitrogen and oxygen atoms in total. The molecule has 0 radical (unpaired) electrons. The van der Waals surface area contributed by atoms with Crippen LogP contribution in [-0.2, 0) is 17.6 Å². The molecule has 0 fully saturated rings. The zero-order valence-electron chi connectivity index (χ0n) is 15.3. The summed E-state index contributed by atoms with van der Waals surface area (Å²) in [4.78, 5) is 24.3. The van der Waals surface area contributed by atoms with E-state index in [0.29, 0.717) is 30.0 Å². The maximum Gasteiger partial charge on any atom is 0.251 e. The number of halogens is 1. The highest BCUT2D eigenvalue weighted by atomic mass is 35.5. The van der Waals surface area contributed by atoms with Gasteiger partial charge in [0, 0.05) is 29.2 Å². The first kappa shape index (κ1) is 20.0. The summed E-state index contributed by atoms with van der Waals surface area (Å²) >= 11 is 5.81.